The van der Waals surface area contributed by atoms with Crippen molar-refractivity contribution in [1.82, 2.24) is 9.97 Å². The van der Waals surface area contributed by atoms with E-state index in [0.717, 1.165) is 16.1 Å². The van der Waals surface area contributed by atoms with Crippen molar-refractivity contribution in [2.45, 2.75) is 27.7 Å². The highest BCUT2D eigenvalue weighted by atomic mass is 32.1. The maximum absolute atomic E-state index is 11.9. The van der Waals surface area contributed by atoms with Crippen molar-refractivity contribution < 1.29 is 4.79 Å². The Kier molecular flexibility index (Phi) is 3.66. The van der Waals surface area contributed by atoms with Crippen LogP contribution in [-0.4, -0.2) is 15.9 Å². The number of carbonyl (C=O) groups excluding carboxylic acids is 1. The van der Waals surface area contributed by atoms with E-state index in [2.05, 4.69) is 15.3 Å². The Morgan fingerprint density at radius 3 is 2.53 bits per heavy atom. The van der Waals surface area contributed by atoms with Crippen molar-refractivity contribution in [2.75, 3.05) is 5.32 Å². The molecule has 0 aliphatic heterocycles. The van der Waals surface area contributed by atoms with E-state index in [4.69, 9.17) is 0 Å². The summed E-state index contributed by atoms with van der Waals surface area (Å²) in [6.07, 6.45) is 3.58. The van der Waals surface area contributed by atoms with Gasteiger partial charge in [-0.05, 0) is 13.0 Å². The van der Waals surface area contributed by atoms with Crippen molar-refractivity contribution >= 4 is 22.4 Å². The number of aryl methyl sites for hydroxylation is 1. The van der Waals surface area contributed by atoms with Gasteiger partial charge >= 0.3 is 0 Å². The molecule has 0 aliphatic rings. The number of anilines is 1. The van der Waals surface area contributed by atoms with Crippen LogP contribution in [0.3, 0.4) is 0 Å². The number of nitrogens with zero attached hydrogens (tertiary/aromatic N) is 2. The molecule has 1 N–H and O–H groups in total. The van der Waals surface area contributed by atoms with Crippen molar-refractivity contribution in [3.8, 4) is 10.4 Å². The Balaban J connectivity index is 2.16. The van der Waals surface area contributed by atoms with E-state index in [1.165, 1.54) is 11.3 Å². The highest BCUT2D eigenvalue weighted by Crippen LogP contribution is 2.29. The molecule has 0 unspecified atom stereocenters. The smallest absolute Gasteiger partial charge is 0.231 e. The molecule has 0 radical (unpaired) electrons. The van der Waals surface area contributed by atoms with Crippen LogP contribution in [0.15, 0.2) is 24.5 Å². The summed E-state index contributed by atoms with van der Waals surface area (Å²) in [5.74, 6) is -0.0320. The summed E-state index contributed by atoms with van der Waals surface area (Å²) in [7, 11) is 0. The third-order valence-electron chi connectivity index (χ3n) is 2.60. The van der Waals surface area contributed by atoms with Gasteiger partial charge in [0, 0.05) is 29.1 Å². The van der Waals surface area contributed by atoms with Crippen molar-refractivity contribution in [3.63, 3.8) is 0 Å². The number of aromatic nitrogens is 2. The first-order valence-electron chi connectivity index (χ1n) is 6.06. The molecule has 0 aromatic carbocycles. The van der Waals surface area contributed by atoms with Gasteiger partial charge in [0.15, 0.2) is 5.13 Å². The molecule has 2 heterocycles. The third-order valence-corrected chi connectivity index (χ3v) is 3.57. The molecule has 0 saturated heterocycles. The number of hydrogen-bond acceptors (Lipinski definition) is 4. The minimum atomic E-state index is -0.419. The van der Waals surface area contributed by atoms with E-state index >= 15 is 0 Å². The van der Waals surface area contributed by atoms with E-state index in [0.29, 0.717) is 5.13 Å². The summed E-state index contributed by atoms with van der Waals surface area (Å²) in [5.41, 5.74) is 1.57. The Morgan fingerprint density at radius 2 is 1.95 bits per heavy atom. The highest BCUT2D eigenvalue weighted by molar-refractivity contribution is 7.19. The lowest BCUT2D eigenvalue weighted by Crippen LogP contribution is -2.27. The van der Waals surface area contributed by atoms with Crippen molar-refractivity contribution in [2.24, 2.45) is 5.41 Å². The summed E-state index contributed by atoms with van der Waals surface area (Å²) >= 11 is 1.45. The zero-order valence-corrected chi connectivity index (χ0v) is 12.3. The first-order valence-corrected chi connectivity index (χ1v) is 6.88. The third kappa shape index (κ3) is 3.38. The van der Waals surface area contributed by atoms with Crippen LogP contribution >= 0.6 is 11.3 Å². The number of pyridine rings is 1. The molecule has 2 rings (SSSR count). The fourth-order valence-electron chi connectivity index (χ4n) is 1.36. The van der Waals surface area contributed by atoms with Gasteiger partial charge in [-0.15, -0.1) is 0 Å². The first kappa shape index (κ1) is 13.7. The van der Waals surface area contributed by atoms with Crippen molar-refractivity contribution in [3.05, 3.63) is 30.2 Å². The molecule has 0 saturated carbocycles. The zero-order chi connectivity index (χ0) is 14.0. The molecule has 19 heavy (non-hydrogen) atoms. The second-order valence-electron chi connectivity index (χ2n) is 5.42. The van der Waals surface area contributed by atoms with Gasteiger partial charge in [0.25, 0.3) is 0 Å². The Hall–Kier alpha value is -1.75. The van der Waals surface area contributed by atoms with Gasteiger partial charge < -0.3 is 5.32 Å². The number of rotatable bonds is 2. The van der Waals surface area contributed by atoms with Gasteiger partial charge in [-0.25, -0.2) is 4.98 Å². The Labute approximate surface area is 116 Å². The molecule has 2 aromatic rings. The lowest BCUT2D eigenvalue weighted by Gasteiger charge is -2.15. The van der Waals surface area contributed by atoms with E-state index in [-0.39, 0.29) is 5.91 Å². The molecule has 5 heteroatoms. The Morgan fingerprint density at radius 1 is 1.21 bits per heavy atom. The van der Waals surface area contributed by atoms with Gasteiger partial charge in [-0.1, -0.05) is 38.2 Å². The molecule has 100 valence electrons. The SMILES string of the molecule is Cc1ccc(-c2cnc(NC(=O)C(C)(C)C)s2)cn1. The molecule has 0 bridgehead atoms. The second-order valence-corrected chi connectivity index (χ2v) is 6.45. The predicted molar refractivity (Wildman–Crippen MR) is 78.2 cm³/mol. The number of thiazole rings is 1. The van der Waals surface area contributed by atoms with Gasteiger partial charge in [0.2, 0.25) is 5.91 Å². The zero-order valence-electron chi connectivity index (χ0n) is 11.5. The van der Waals surface area contributed by atoms with E-state index in [1.54, 1.807) is 6.20 Å². The van der Waals surface area contributed by atoms with Crippen LogP contribution in [0.5, 0.6) is 0 Å². The lowest BCUT2D eigenvalue weighted by atomic mass is 9.96. The second kappa shape index (κ2) is 5.09. The lowest BCUT2D eigenvalue weighted by molar-refractivity contribution is -0.123. The molecule has 0 fully saturated rings. The summed E-state index contributed by atoms with van der Waals surface area (Å²) in [6.45, 7) is 7.58. The largest absolute Gasteiger partial charge is 0.302 e. The van der Waals surface area contributed by atoms with Crippen LogP contribution in [0, 0.1) is 12.3 Å². The van der Waals surface area contributed by atoms with E-state index in [1.807, 2.05) is 46.0 Å². The van der Waals surface area contributed by atoms with Crippen LogP contribution in [0.1, 0.15) is 26.5 Å². The van der Waals surface area contributed by atoms with Crippen LogP contribution < -0.4 is 5.32 Å². The average molecular weight is 275 g/mol. The average Bonchev–Trinajstić information content (AvgIpc) is 2.77. The molecular formula is C14H17N3OS. The van der Waals surface area contributed by atoms with Crippen LogP contribution in [-0.2, 0) is 4.79 Å². The number of nitrogens with one attached hydrogen (secondary N) is 1. The topological polar surface area (TPSA) is 54.9 Å². The Bertz CT molecular complexity index is 581. The van der Waals surface area contributed by atoms with Gasteiger partial charge in [-0.2, -0.15) is 0 Å². The maximum atomic E-state index is 11.9. The standard InChI is InChI=1S/C14H17N3OS/c1-9-5-6-10(7-15-9)11-8-16-13(19-11)17-12(18)14(2,3)4/h5-8H,1-4H3,(H,16,17,18). The predicted octanol–water partition coefficient (Wildman–Crippen LogP) is 3.50. The summed E-state index contributed by atoms with van der Waals surface area (Å²) in [5, 5.41) is 3.45. The highest BCUT2D eigenvalue weighted by Gasteiger charge is 2.22. The fraction of sp³-hybridized carbons (Fsp3) is 0.357. The first-order chi connectivity index (χ1) is 8.86. The molecule has 2 aromatic heterocycles. The van der Waals surface area contributed by atoms with E-state index < -0.39 is 5.41 Å². The number of amides is 1. The van der Waals surface area contributed by atoms with Gasteiger partial charge in [0.1, 0.15) is 0 Å². The summed E-state index contributed by atoms with van der Waals surface area (Å²) < 4.78 is 0. The minimum Gasteiger partial charge on any atom is -0.302 e. The van der Waals surface area contributed by atoms with Crippen LogP contribution in [0.2, 0.25) is 0 Å². The van der Waals surface area contributed by atoms with Gasteiger partial charge in [0.05, 0.1) is 4.88 Å². The summed E-state index contributed by atoms with van der Waals surface area (Å²) in [6, 6.07) is 3.97. The normalized spacial score (nSPS) is 11.4. The van der Waals surface area contributed by atoms with Crippen LogP contribution in [0.25, 0.3) is 10.4 Å². The van der Waals surface area contributed by atoms with E-state index in [9.17, 15) is 4.79 Å². The summed E-state index contributed by atoms with van der Waals surface area (Å²) in [4.78, 5) is 21.3. The quantitative estimate of drug-likeness (QED) is 0.912. The molecular weight excluding hydrogens is 258 g/mol. The van der Waals surface area contributed by atoms with Crippen LogP contribution in [0.4, 0.5) is 5.13 Å². The monoisotopic (exact) mass is 275 g/mol. The fourth-order valence-corrected chi connectivity index (χ4v) is 2.16. The maximum Gasteiger partial charge on any atom is 0.231 e. The van der Waals surface area contributed by atoms with Gasteiger partial charge in [-0.3, -0.25) is 9.78 Å². The molecule has 0 aliphatic carbocycles. The molecule has 0 atom stereocenters. The number of carbonyl (C=O) groups is 1. The minimum absolute atomic E-state index is 0.0320. The number of hydrogen-bond donors (Lipinski definition) is 1. The molecule has 1 amide bonds. The molecule has 0 spiro atoms. The van der Waals surface area contributed by atoms with Crippen molar-refractivity contribution in [1.29, 1.82) is 0 Å². The molecule has 4 nitrogen and oxygen atoms in total.